The highest BCUT2D eigenvalue weighted by atomic mass is 32.2. The SMILES string of the molecule is CCNc1ncc(S(=O)(=O)NCc2cnn(C)c2)cn1. The van der Waals surface area contributed by atoms with E-state index in [1.807, 2.05) is 6.92 Å². The zero-order valence-electron chi connectivity index (χ0n) is 11.2. The van der Waals surface area contributed by atoms with Crippen molar-refractivity contribution in [2.75, 3.05) is 11.9 Å². The highest BCUT2D eigenvalue weighted by Gasteiger charge is 2.15. The minimum Gasteiger partial charge on any atom is -0.355 e. The molecule has 2 rings (SSSR count). The third kappa shape index (κ3) is 3.52. The highest BCUT2D eigenvalue weighted by molar-refractivity contribution is 7.89. The van der Waals surface area contributed by atoms with Crippen LogP contribution in [0, 0.1) is 0 Å². The first-order chi connectivity index (χ1) is 9.51. The molecule has 0 aliphatic heterocycles. The normalized spacial score (nSPS) is 11.5. The number of anilines is 1. The van der Waals surface area contributed by atoms with Crippen molar-refractivity contribution >= 4 is 16.0 Å². The predicted molar refractivity (Wildman–Crippen MR) is 73.4 cm³/mol. The monoisotopic (exact) mass is 296 g/mol. The van der Waals surface area contributed by atoms with Crippen LogP contribution in [0.5, 0.6) is 0 Å². The summed E-state index contributed by atoms with van der Waals surface area (Å²) in [7, 11) is -1.85. The summed E-state index contributed by atoms with van der Waals surface area (Å²) in [5.41, 5.74) is 0.779. The van der Waals surface area contributed by atoms with Crippen LogP contribution in [-0.2, 0) is 23.6 Å². The molecule has 0 saturated carbocycles. The lowest BCUT2D eigenvalue weighted by molar-refractivity contribution is 0.580. The summed E-state index contributed by atoms with van der Waals surface area (Å²) < 4.78 is 28.2. The summed E-state index contributed by atoms with van der Waals surface area (Å²) in [5.74, 6) is 0.402. The average molecular weight is 296 g/mol. The van der Waals surface area contributed by atoms with Crippen molar-refractivity contribution in [2.24, 2.45) is 7.05 Å². The van der Waals surface area contributed by atoms with Gasteiger partial charge in [0.1, 0.15) is 4.90 Å². The zero-order valence-corrected chi connectivity index (χ0v) is 12.1. The van der Waals surface area contributed by atoms with Gasteiger partial charge in [0.05, 0.1) is 18.6 Å². The second-order valence-electron chi connectivity index (χ2n) is 4.12. The van der Waals surface area contributed by atoms with E-state index in [1.165, 1.54) is 12.4 Å². The molecule has 8 nitrogen and oxygen atoms in total. The Kier molecular flexibility index (Phi) is 4.30. The number of nitrogens with one attached hydrogen (secondary N) is 2. The first-order valence-corrected chi connectivity index (χ1v) is 7.52. The first kappa shape index (κ1) is 14.4. The minimum atomic E-state index is -3.62. The number of nitrogens with zero attached hydrogens (tertiary/aromatic N) is 4. The number of aromatic nitrogens is 4. The van der Waals surface area contributed by atoms with Crippen molar-refractivity contribution < 1.29 is 8.42 Å². The van der Waals surface area contributed by atoms with Crippen molar-refractivity contribution in [2.45, 2.75) is 18.4 Å². The van der Waals surface area contributed by atoms with Crippen molar-refractivity contribution in [1.29, 1.82) is 0 Å². The molecule has 0 bridgehead atoms. The van der Waals surface area contributed by atoms with Gasteiger partial charge in [-0.05, 0) is 6.92 Å². The number of hydrogen-bond acceptors (Lipinski definition) is 6. The summed E-state index contributed by atoms with van der Waals surface area (Å²) in [6.45, 7) is 2.75. The van der Waals surface area contributed by atoms with Gasteiger partial charge in [-0.25, -0.2) is 23.1 Å². The molecule has 0 fully saturated rings. The number of sulfonamides is 1. The maximum atomic E-state index is 12.0. The van der Waals surface area contributed by atoms with E-state index in [9.17, 15) is 8.42 Å². The molecule has 2 N–H and O–H groups in total. The van der Waals surface area contributed by atoms with Gasteiger partial charge in [0.25, 0.3) is 0 Å². The predicted octanol–water partition coefficient (Wildman–Crippen LogP) is 0.120. The van der Waals surface area contributed by atoms with Gasteiger partial charge in [-0.1, -0.05) is 0 Å². The largest absolute Gasteiger partial charge is 0.355 e. The van der Waals surface area contributed by atoms with E-state index in [-0.39, 0.29) is 11.4 Å². The molecule has 0 aliphatic carbocycles. The molecule has 0 aromatic carbocycles. The van der Waals surface area contributed by atoms with Crippen LogP contribution in [0.2, 0.25) is 0 Å². The van der Waals surface area contributed by atoms with Crippen LogP contribution in [0.25, 0.3) is 0 Å². The quantitative estimate of drug-likeness (QED) is 0.785. The number of aryl methyl sites for hydroxylation is 1. The smallest absolute Gasteiger partial charge is 0.243 e. The van der Waals surface area contributed by atoms with Crippen LogP contribution >= 0.6 is 0 Å². The van der Waals surface area contributed by atoms with Gasteiger partial charge in [0.15, 0.2) is 0 Å². The summed E-state index contributed by atoms with van der Waals surface area (Å²) in [6, 6.07) is 0. The zero-order chi connectivity index (χ0) is 14.6. The van der Waals surface area contributed by atoms with Crippen LogP contribution in [0.3, 0.4) is 0 Å². The maximum absolute atomic E-state index is 12.0. The Bertz CT molecular complexity index is 664. The Morgan fingerprint density at radius 3 is 2.50 bits per heavy atom. The lowest BCUT2D eigenvalue weighted by atomic mass is 10.4. The van der Waals surface area contributed by atoms with Gasteiger partial charge in [0, 0.05) is 31.9 Å². The van der Waals surface area contributed by atoms with Crippen molar-refractivity contribution in [1.82, 2.24) is 24.5 Å². The van der Waals surface area contributed by atoms with Crippen LogP contribution < -0.4 is 10.0 Å². The third-order valence-electron chi connectivity index (χ3n) is 2.50. The third-order valence-corrected chi connectivity index (χ3v) is 3.85. The standard InChI is InChI=1S/C11H16N6O2S/c1-3-12-11-13-6-10(7-14-11)20(18,19)16-5-9-4-15-17(2)8-9/h4,6-8,16H,3,5H2,1-2H3,(H,12,13,14). The van der Waals surface area contributed by atoms with E-state index in [0.29, 0.717) is 12.5 Å². The Morgan fingerprint density at radius 2 is 1.95 bits per heavy atom. The van der Waals surface area contributed by atoms with E-state index >= 15 is 0 Å². The molecule has 108 valence electrons. The molecule has 0 unspecified atom stereocenters. The lowest BCUT2D eigenvalue weighted by Crippen LogP contribution is -2.23. The Hall–Kier alpha value is -2.00. The van der Waals surface area contributed by atoms with E-state index in [1.54, 1.807) is 24.1 Å². The molecule has 0 atom stereocenters. The fourth-order valence-electron chi connectivity index (χ4n) is 1.53. The van der Waals surface area contributed by atoms with Gasteiger partial charge in [-0.2, -0.15) is 5.10 Å². The van der Waals surface area contributed by atoms with Gasteiger partial charge in [0.2, 0.25) is 16.0 Å². The van der Waals surface area contributed by atoms with Crippen molar-refractivity contribution in [3.63, 3.8) is 0 Å². The molecule has 0 saturated heterocycles. The van der Waals surface area contributed by atoms with E-state index in [0.717, 1.165) is 5.56 Å². The fraction of sp³-hybridized carbons (Fsp3) is 0.364. The summed E-state index contributed by atoms with van der Waals surface area (Å²) >= 11 is 0. The van der Waals surface area contributed by atoms with E-state index in [2.05, 4.69) is 25.1 Å². The molecule has 2 aromatic heterocycles. The fourth-order valence-corrected chi connectivity index (χ4v) is 2.44. The molecule has 20 heavy (non-hydrogen) atoms. The second-order valence-corrected chi connectivity index (χ2v) is 5.89. The molecule has 0 amide bonds. The van der Waals surface area contributed by atoms with Gasteiger partial charge >= 0.3 is 0 Å². The summed E-state index contributed by atoms with van der Waals surface area (Å²) in [6.07, 6.45) is 5.90. The number of hydrogen-bond donors (Lipinski definition) is 2. The molecular weight excluding hydrogens is 280 g/mol. The molecule has 2 aromatic rings. The molecule has 0 aliphatic rings. The molecule has 9 heteroatoms. The van der Waals surface area contributed by atoms with E-state index < -0.39 is 10.0 Å². The second kappa shape index (κ2) is 5.97. The summed E-state index contributed by atoms with van der Waals surface area (Å²) in [5, 5.41) is 6.87. The van der Waals surface area contributed by atoms with Crippen LogP contribution in [0.1, 0.15) is 12.5 Å². The molecule has 2 heterocycles. The van der Waals surface area contributed by atoms with Gasteiger partial charge in [-0.15, -0.1) is 0 Å². The maximum Gasteiger partial charge on any atom is 0.243 e. The summed E-state index contributed by atoms with van der Waals surface area (Å²) in [4.78, 5) is 7.90. The molecular formula is C11H16N6O2S. The first-order valence-electron chi connectivity index (χ1n) is 6.04. The average Bonchev–Trinajstić information content (AvgIpc) is 2.84. The topological polar surface area (TPSA) is 102 Å². The van der Waals surface area contributed by atoms with Crippen LogP contribution in [0.15, 0.2) is 29.7 Å². The van der Waals surface area contributed by atoms with Crippen LogP contribution in [-0.4, -0.2) is 34.7 Å². The Labute approximate surface area is 117 Å². The lowest BCUT2D eigenvalue weighted by Gasteiger charge is -2.06. The van der Waals surface area contributed by atoms with Crippen molar-refractivity contribution in [3.8, 4) is 0 Å². The van der Waals surface area contributed by atoms with Crippen molar-refractivity contribution in [3.05, 3.63) is 30.4 Å². The molecule has 0 spiro atoms. The minimum absolute atomic E-state index is 0.0306. The van der Waals surface area contributed by atoms with Crippen LogP contribution in [0.4, 0.5) is 5.95 Å². The van der Waals surface area contributed by atoms with Gasteiger partial charge < -0.3 is 5.32 Å². The Balaban J connectivity index is 2.05. The van der Waals surface area contributed by atoms with E-state index in [4.69, 9.17) is 0 Å². The number of rotatable bonds is 6. The highest BCUT2D eigenvalue weighted by Crippen LogP contribution is 2.08. The Morgan fingerprint density at radius 1 is 1.25 bits per heavy atom. The van der Waals surface area contributed by atoms with Gasteiger partial charge in [-0.3, -0.25) is 4.68 Å². The molecule has 0 radical (unpaired) electrons.